The van der Waals surface area contributed by atoms with Gasteiger partial charge in [0.2, 0.25) is 0 Å². The molecule has 2 amide bonds. The van der Waals surface area contributed by atoms with Gasteiger partial charge < -0.3 is 10.6 Å². The van der Waals surface area contributed by atoms with E-state index in [1.165, 1.54) is 29.1 Å². The molecule has 30 heavy (non-hydrogen) atoms. The van der Waals surface area contributed by atoms with Gasteiger partial charge in [-0.05, 0) is 36.4 Å². The number of carbonyl (C=O) groups is 2. The molecule has 0 aliphatic rings. The van der Waals surface area contributed by atoms with Crippen LogP contribution in [-0.2, 0) is 0 Å². The number of anilines is 2. The average Bonchev–Trinajstić information content (AvgIpc) is 3.19. The summed E-state index contributed by atoms with van der Waals surface area (Å²) in [7, 11) is 0. The zero-order valence-electron chi connectivity index (χ0n) is 15.7. The first kappa shape index (κ1) is 19.1. The van der Waals surface area contributed by atoms with Crippen molar-refractivity contribution in [3.8, 4) is 5.69 Å². The molecule has 0 aliphatic carbocycles. The summed E-state index contributed by atoms with van der Waals surface area (Å²) in [5.74, 6) is -1.65. The highest BCUT2D eigenvalue weighted by atomic mass is 19.1. The third-order valence-corrected chi connectivity index (χ3v) is 4.40. The molecule has 2 N–H and O–H groups in total. The van der Waals surface area contributed by atoms with Crippen LogP contribution in [0.1, 0.15) is 20.7 Å². The minimum atomic E-state index is -0.681. The summed E-state index contributed by atoms with van der Waals surface area (Å²) in [6.07, 6.45) is 1.36. The summed E-state index contributed by atoms with van der Waals surface area (Å²) in [6.45, 7) is 0. The maximum absolute atomic E-state index is 14.1. The molecular formula is C23H17FN4O2. The van der Waals surface area contributed by atoms with Crippen molar-refractivity contribution in [1.82, 2.24) is 9.78 Å². The van der Waals surface area contributed by atoms with E-state index < -0.39 is 17.6 Å². The highest BCUT2D eigenvalue weighted by Gasteiger charge is 2.22. The van der Waals surface area contributed by atoms with E-state index >= 15 is 0 Å². The Morgan fingerprint density at radius 1 is 0.733 bits per heavy atom. The molecular weight excluding hydrogens is 383 g/mol. The Morgan fingerprint density at radius 3 is 2.03 bits per heavy atom. The molecule has 0 saturated carbocycles. The van der Waals surface area contributed by atoms with Gasteiger partial charge in [0.05, 0.1) is 17.4 Å². The Morgan fingerprint density at radius 2 is 1.33 bits per heavy atom. The Bertz CT molecular complexity index is 1190. The quantitative estimate of drug-likeness (QED) is 0.517. The van der Waals surface area contributed by atoms with Crippen molar-refractivity contribution in [2.75, 3.05) is 10.6 Å². The van der Waals surface area contributed by atoms with Crippen LogP contribution in [0.15, 0.2) is 91.1 Å². The monoisotopic (exact) mass is 400 g/mol. The van der Waals surface area contributed by atoms with Crippen molar-refractivity contribution in [2.24, 2.45) is 0 Å². The van der Waals surface area contributed by atoms with Gasteiger partial charge in [0.1, 0.15) is 17.2 Å². The second-order valence-corrected chi connectivity index (χ2v) is 6.41. The largest absolute Gasteiger partial charge is 0.322 e. The fraction of sp³-hybridized carbons (Fsp3) is 0. The Balaban J connectivity index is 1.72. The Hall–Kier alpha value is -4.26. The van der Waals surface area contributed by atoms with Gasteiger partial charge in [0.25, 0.3) is 11.8 Å². The zero-order chi connectivity index (χ0) is 20.9. The van der Waals surface area contributed by atoms with Crippen LogP contribution < -0.4 is 10.6 Å². The highest BCUT2D eigenvalue weighted by Crippen LogP contribution is 2.23. The molecule has 0 fully saturated rings. The molecule has 6 nitrogen and oxygen atoms in total. The summed E-state index contributed by atoms with van der Waals surface area (Å²) in [4.78, 5) is 25.6. The van der Waals surface area contributed by atoms with Gasteiger partial charge >= 0.3 is 0 Å². The van der Waals surface area contributed by atoms with Crippen LogP contribution in [0.4, 0.5) is 15.9 Å². The van der Waals surface area contributed by atoms with Gasteiger partial charge in [-0.25, -0.2) is 9.07 Å². The summed E-state index contributed by atoms with van der Waals surface area (Å²) >= 11 is 0. The number of carbonyl (C=O) groups excluding carboxylic acids is 2. The van der Waals surface area contributed by atoms with Crippen LogP contribution in [0.5, 0.6) is 0 Å². The molecule has 148 valence electrons. The molecule has 4 aromatic rings. The van der Waals surface area contributed by atoms with Crippen molar-refractivity contribution in [2.45, 2.75) is 0 Å². The van der Waals surface area contributed by atoms with Gasteiger partial charge in [-0.1, -0.05) is 48.5 Å². The molecule has 3 aromatic carbocycles. The minimum Gasteiger partial charge on any atom is -0.322 e. The van der Waals surface area contributed by atoms with Gasteiger partial charge in [-0.3, -0.25) is 9.59 Å². The molecule has 0 spiro atoms. The predicted molar refractivity (Wildman–Crippen MR) is 112 cm³/mol. The van der Waals surface area contributed by atoms with Crippen LogP contribution in [0.3, 0.4) is 0 Å². The molecule has 4 rings (SSSR count). The fourth-order valence-corrected chi connectivity index (χ4v) is 2.94. The molecule has 0 saturated heterocycles. The first-order chi connectivity index (χ1) is 14.6. The lowest BCUT2D eigenvalue weighted by molar-refractivity contribution is 0.102. The maximum Gasteiger partial charge on any atom is 0.261 e. The number of hydrogen-bond donors (Lipinski definition) is 2. The van der Waals surface area contributed by atoms with Crippen LogP contribution in [0, 0.1) is 5.82 Å². The van der Waals surface area contributed by atoms with Crippen LogP contribution in [0.2, 0.25) is 0 Å². The topological polar surface area (TPSA) is 76.0 Å². The van der Waals surface area contributed by atoms with Crippen LogP contribution >= 0.6 is 0 Å². The minimum absolute atomic E-state index is 0.132. The number of nitrogens with one attached hydrogen (secondary N) is 2. The first-order valence-electron chi connectivity index (χ1n) is 9.19. The number of amides is 2. The second kappa shape index (κ2) is 8.40. The van der Waals surface area contributed by atoms with Gasteiger partial charge in [-0.2, -0.15) is 5.10 Å². The molecule has 1 aromatic heterocycles. The lowest BCUT2D eigenvalue weighted by Crippen LogP contribution is -2.20. The number of halogens is 1. The van der Waals surface area contributed by atoms with Crippen LogP contribution in [-0.4, -0.2) is 21.6 Å². The van der Waals surface area contributed by atoms with Crippen molar-refractivity contribution in [3.05, 3.63) is 108 Å². The Kier molecular flexibility index (Phi) is 5.34. The first-order valence-corrected chi connectivity index (χ1v) is 9.19. The normalized spacial score (nSPS) is 10.4. The highest BCUT2D eigenvalue weighted by molar-refractivity contribution is 6.12. The van der Waals surface area contributed by atoms with Crippen molar-refractivity contribution < 1.29 is 14.0 Å². The molecule has 0 aliphatic heterocycles. The fourth-order valence-electron chi connectivity index (χ4n) is 2.94. The average molecular weight is 400 g/mol. The third-order valence-electron chi connectivity index (χ3n) is 4.40. The van der Waals surface area contributed by atoms with E-state index in [1.807, 2.05) is 24.3 Å². The van der Waals surface area contributed by atoms with E-state index in [9.17, 15) is 14.0 Å². The number of nitrogens with zero attached hydrogens (tertiary/aromatic N) is 2. The standard InChI is InChI=1S/C23H17FN4O2/c24-20-14-8-7-13-18(20)22(29)27-21-19(23(30)26-16-9-3-1-4-10-16)15-25-28(21)17-11-5-2-6-12-17/h1-15H,(H,26,30)(H,27,29). The second-order valence-electron chi connectivity index (χ2n) is 6.41. The summed E-state index contributed by atoms with van der Waals surface area (Å²) in [5, 5.41) is 9.68. The smallest absolute Gasteiger partial charge is 0.261 e. The molecule has 0 atom stereocenters. The van der Waals surface area contributed by atoms with Crippen molar-refractivity contribution in [1.29, 1.82) is 0 Å². The van der Waals surface area contributed by atoms with E-state index in [1.54, 1.807) is 42.5 Å². The molecule has 0 radical (unpaired) electrons. The van der Waals surface area contributed by atoms with E-state index in [4.69, 9.17) is 0 Å². The number of para-hydroxylation sites is 2. The van der Waals surface area contributed by atoms with E-state index in [0.29, 0.717) is 11.4 Å². The number of benzene rings is 3. The molecule has 0 unspecified atom stereocenters. The molecule has 0 bridgehead atoms. The van der Waals surface area contributed by atoms with E-state index in [0.717, 1.165) is 0 Å². The van der Waals surface area contributed by atoms with Crippen molar-refractivity contribution >= 4 is 23.3 Å². The molecule has 7 heteroatoms. The van der Waals surface area contributed by atoms with E-state index in [-0.39, 0.29) is 16.9 Å². The van der Waals surface area contributed by atoms with E-state index in [2.05, 4.69) is 15.7 Å². The van der Waals surface area contributed by atoms with Gasteiger partial charge in [0, 0.05) is 5.69 Å². The third kappa shape index (κ3) is 3.95. The van der Waals surface area contributed by atoms with Gasteiger partial charge in [0.15, 0.2) is 0 Å². The molecule has 1 heterocycles. The number of hydrogen-bond acceptors (Lipinski definition) is 3. The maximum atomic E-state index is 14.1. The Labute approximate surface area is 172 Å². The number of aromatic nitrogens is 2. The zero-order valence-corrected chi connectivity index (χ0v) is 15.7. The lowest BCUT2D eigenvalue weighted by atomic mass is 10.2. The number of rotatable bonds is 5. The van der Waals surface area contributed by atoms with Gasteiger partial charge in [-0.15, -0.1) is 0 Å². The summed E-state index contributed by atoms with van der Waals surface area (Å²) in [5.41, 5.74) is 1.25. The summed E-state index contributed by atoms with van der Waals surface area (Å²) < 4.78 is 15.5. The predicted octanol–water partition coefficient (Wildman–Crippen LogP) is 4.52. The van der Waals surface area contributed by atoms with Crippen molar-refractivity contribution in [3.63, 3.8) is 0 Å². The summed E-state index contributed by atoms with van der Waals surface area (Å²) in [6, 6.07) is 23.6. The SMILES string of the molecule is O=C(Nc1c(C(=O)Nc2ccccc2)cnn1-c1ccccc1)c1ccccc1F. The van der Waals surface area contributed by atoms with Crippen LogP contribution in [0.25, 0.3) is 5.69 Å². The lowest BCUT2D eigenvalue weighted by Gasteiger charge is -2.12.